The lowest BCUT2D eigenvalue weighted by Gasteiger charge is -2.05. The van der Waals surface area contributed by atoms with E-state index in [-0.39, 0.29) is 12.2 Å². The number of carbonyl (C=O) groups excluding carboxylic acids is 1. The van der Waals surface area contributed by atoms with Gasteiger partial charge < -0.3 is 4.74 Å². The maximum Gasteiger partial charge on any atom is 0.335 e. The molecule has 136 valence electrons. The Morgan fingerprint density at radius 1 is 1.19 bits per heavy atom. The lowest BCUT2D eigenvalue weighted by molar-refractivity contribution is -0.384. The number of nitro groups is 1. The number of hydrogen-bond donors (Lipinski definition) is 0. The smallest absolute Gasteiger partial charge is 0.335 e. The van der Waals surface area contributed by atoms with E-state index in [9.17, 15) is 14.9 Å². The molecule has 0 N–H and O–H groups in total. The Bertz CT molecular complexity index is 978. The van der Waals surface area contributed by atoms with E-state index < -0.39 is 10.9 Å². The molecule has 8 nitrogen and oxygen atoms in total. The first kappa shape index (κ1) is 18.0. The quantitative estimate of drug-likeness (QED) is 0.288. The normalized spacial score (nSPS) is 11.2. The van der Waals surface area contributed by atoms with Gasteiger partial charge in [-0.25, -0.2) is 9.48 Å². The number of hydrogen-bond acceptors (Lipinski definition) is 6. The average molecular weight is 364 g/mol. The van der Waals surface area contributed by atoms with Crippen LogP contribution in [-0.2, 0) is 16.1 Å². The maximum atomic E-state index is 12.1. The Hall–Kier alpha value is -3.81. The van der Waals surface area contributed by atoms with Crippen molar-refractivity contribution in [3.8, 4) is 11.3 Å². The Labute approximate surface area is 154 Å². The van der Waals surface area contributed by atoms with Gasteiger partial charge in [-0.1, -0.05) is 35.5 Å². The Morgan fingerprint density at radius 3 is 2.52 bits per heavy atom. The van der Waals surface area contributed by atoms with Gasteiger partial charge in [0.1, 0.15) is 5.69 Å². The minimum Gasteiger partial charge on any atom is -0.466 e. The number of nitrogens with zero attached hydrogens (tertiary/aromatic N) is 4. The van der Waals surface area contributed by atoms with Crippen LogP contribution in [-0.4, -0.2) is 33.0 Å². The molecule has 27 heavy (non-hydrogen) atoms. The van der Waals surface area contributed by atoms with Crippen molar-refractivity contribution in [2.75, 3.05) is 7.11 Å². The summed E-state index contributed by atoms with van der Waals surface area (Å²) in [5, 5.41) is 18.9. The molecule has 0 bridgehead atoms. The summed E-state index contributed by atoms with van der Waals surface area (Å²) in [6.45, 7) is 0.156. The molecule has 3 aromatic rings. The van der Waals surface area contributed by atoms with Crippen LogP contribution in [0, 0.1) is 10.1 Å². The molecule has 0 amide bonds. The highest BCUT2D eigenvalue weighted by atomic mass is 16.6. The summed E-state index contributed by atoms with van der Waals surface area (Å²) in [5.41, 5.74) is 2.58. The first-order chi connectivity index (χ1) is 13.1. The van der Waals surface area contributed by atoms with E-state index in [4.69, 9.17) is 4.74 Å². The molecule has 3 rings (SSSR count). The van der Waals surface area contributed by atoms with Gasteiger partial charge in [-0.15, -0.1) is 5.10 Å². The van der Waals surface area contributed by atoms with Gasteiger partial charge in [0.2, 0.25) is 0 Å². The van der Waals surface area contributed by atoms with Crippen LogP contribution in [0.25, 0.3) is 17.3 Å². The molecule has 0 radical (unpaired) electrons. The molecule has 0 unspecified atom stereocenters. The number of ether oxygens (including phenoxy) is 1. The molecular formula is C19H16N4O4. The van der Waals surface area contributed by atoms with Crippen molar-refractivity contribution in [3.05, 3.63) is 82.0 Å². The lowest BCUT2D eigenvalue weighted by Crippen LogP contribution is -2.12. The third-order valence-electron chi connectivity index (χ3n) is 3.83. The van der Waals surface area contributed by atoms with Crippen LogP contribution in [0.4, 0.5) is 5.69 Å². The van der Waals surface area contributed by atoms with Crippen molar-refractivity contribution in [2.45, 2.75) is 6.54 Å². The third kappa shape index (κ3) is 4.43. The Morgan fingerprint density at radius 2 is 1.89 bits per heavy atom. The van der Waals surface area contributed by atoms with Crippen LogP contribution in [0.3, 0.4) is 0 Å². The van der Waals surface area contributed by atoms with Crippen LogP contribution in [0.2, 0.25) is 0 Å². The van der Waals surface area contributed by atoms with E-state index >= 15 is 0 Å². The van der Waals surface area contributed by atoms with Gasteiger partial charge in [0.25, 0.3) is 5.69 Å². The highest BCUT2D eigenvalue weighted by molar-refractivity contribution is 5.93. The summed E-state index contributed by atoms with van der Waals surface area (Å²) in [4.78, 5) is 22.4. The molecule has 0 saturated heterocycles. The van der Waals surface area contributed by atoms with Crippen molar-refractivity contribution < 1.29 is 14.5 Å². The number of esters is 1. The number of carbonyl (C=O) groups is 1. The maximum absolute atomic E-state index is 12.1. The van der Waals surface area contributed by atoms with Crippen LogP contribution < -0.4 is 0 Å². The minimum atomic E-state index is -0.509. The molecule has 8 heteroatoms. The molecule has 1 heterocycles. The van der Waals surface area contributed by atoms with Gasteiger partial charge in [0.15, 0.2) is 0 Å². The molecule has 0 atom stereocenters. The van der Waals surface area contributed by atoms with E-state index in [1.165, 1.54) is 23.9 Å². The SMILES string of the molecule is COC(=O)/C(=C/c1ccc([N+](=O)[O-])cc1)Cn1cc(-c2ccccc2)nn1. The van der Waals surface area contributed by atoms with Crippen molar-refractivity contribution >= 4 is 17.7 Å². The predicted molar refractivity (Wildman–Crippen MR) is 98.5 cm³/mol. The second kappa shape index (κ2) is 8.05. The average Bonchev–Trinajstić information content (AvgIpc) is 3.16. The number of methoxy groups -OCH3 is 1. The molecule has 0 saturated carbocycles. The summed E-state index contributed by atoms with van der Waals surface area (Å²) in [7, 11) is 1.29. The van der Waals surface area contributed by atoms with E-state index in [1.54, 1.807) is 24.4 Å². The lowest BCUT2D eigenvalue weighted by atomic mass is 10.1. The molecule has 0 aliphatic rings. The first-order valence-corrected chi connectivity index (χ1v) is 8.05. The number of rotatable bonds is 6. The molecular weight excluding hydrogens is 348 g/mol. The van der Waals surface area contributed by atoms with Gasteiger partial charge in [0.05, 0.1) is 30.3 Å². The molecule has 2 aromatic carbocycles. The largest absolute Gasteiger partial charge is 0.466 e. The van der Waals surface area contributed by atoms with Gasteiger partial charge >= 0.3 is 5.97 Å². The number of nitro benzene ring substituents is 1. The fourth-order valence-electron chi connectivity index (χ4n) is 2.49. The zero-order valence-corrected chi connectivity index (χ0v) is 14.5. The van der Waals surface area contributed by atoms with E-state index in [0.717, 1.165) is 5.56 Å². The molecule has 1 aromatic heterocycles. The summed E-state index contributed by atoms with van der Waals surface area (Å²) < 4.78 is 6.37. The Kier molecular flexibility index (Phi) is 5.36. The number of benzene rings is 2. The van der Waals surface area contributed by atoms with Crippen molar-refractivity contribution in [1.29, 1.82) is 0 Å². The van der Waals surface area contributed by atoms with Crippen LogP contribution in [0.1, 0.15) is 5.56 Å². The van der Waals surface area contributed by atoms with Crippen molar-refractivity contribution in [1.82, 2.24) is 15.0 Å². The topological polar surface area (TPSA) is 100 Å². The van der Waals surface area contributed by atoms with Gasteiger partial charge in [-0.05, 0) is 23.8 Å². The molecule has 0 aliphatic carbocycles. The minimum absolute atomic E-state index is 0.0180. The van der Waals surface area contributed by atoms with E-state index in [1.807, 2.05) is 30.3 Å². The predicted octanol–water partition coefficient (Wildman–Crippen LogP) is 3.11. The third-order valence-corrected chi connectivity index (χ3v) is 3.83. The van der Waals surface area contributed by atoms with Crippen LogP contribution in [0.5, 0.6) is 0 Å². The van der Waals surface area contributed by atoms with Gasteiger partial charge in [-0.3, -0.25) is 10.1 Å². The highest BCUT2D eigenvalue weighted by Crippen LogP contribution is 2.18. The standard InChI is InChI=1S/C19H16N4O4/c1-27-19(24)16(11-14-7-9-17(10-8-14)23(25)26)12-22-13-18(20-21-22)15-5-3-2-4-6-15/h2-11,13H,12H2,1H3/b16-11+. The second-order valence-electron chi connectivity index (χ2n) is 5.68. The first-order valence-electron chi connectivity index (χ1n) is 8.05. The summed E-state index contributed by atoms with van der Waals surface area (Å²) in [5.74, 6) is -0.509. The number of aromatic nitrogens is 3. The molecule has 0 spiro atoms. The monoisotopic (exact) mass is 364 g/mol. The highest BCUT2D eigenvalue weighted by Gasteiger charge is 2.13. The van der Waals surface area contributed by atoms with Crippen LogP contribution >= 0.6 is 0 Å². The summed E-state index contributed by atoms with van der Waals surface area (Å²) in [6.07, 6.45) is 3.35. The fourth-order valence-corrected chi connectivity index (χ4v) is 2.49. The molecule has 0 aliphatic heterocycles. The summed E-state index contributed by atoms with van der Waals surface area (Å²) in [6, 6.07) is 15.5. The van der Waals surface area contributed by atoms with Gasteiger partial charge in [-0.2, -0.15) is 0 Å². The number of non-ortho nitro benzene ring substituents is 1. The fraction of sp³-hybridized carbons (Fsp3) is 0.105. The van der Waals surface area contributed by atoms with E-state index in [2.05, 4.69) is 10.3 Å². The van der Waals surface area contributed by atoms with Crippen molar-refractivity contribution in [2.24, 2.45) is 0 Å². The van der Waals surface area contributed by atoms with Gasteiger partial charge in [0, 0.05) is 17.7 Å². The Balaban J connectivity index is 1.84. The van der Waals surface area contributed by atoms with Crippen molar-refractivity contribution in [3.63, 3.8) is 0 Å². The zero-order valence-electron chi connectivity index (χ0n) is 14.5. The zero-order chi connectivity index (χ0) is 19.2. The van der Waals surface area contributed by atoms with Crippen LogP contribution in [0.15, 0.2) is 66.4 Å². The second-order valence-corrected chi connectivity index (χ2v) is 5.68. The van der Waals surface area contributed by atoms with E-state index in [0.29, 0.717) is 16.8 Å². The molecule has 0 fully saturated rings. The summed E-state index contributed by atoms with van der Waals surface area (Å²) >= 11 is 0.